The second-order valence-corrected chi connectivity index (χ2v) is 5.94. The van der Waals surface area contributed by atoms with Crippen LogP contribution in [0.25, 0.3) is 0 Å². The number of hydrogen-bond acceptors (Lipinski definition) is 1. The molecule has 0 bridgehead atoms. The van der Waals surface area contributed by atoms with Crippen molar-refractivity contribution < 1.29 is 4.79 Å². The van der Waals surface area contributed by atoms with E-state index in [2.05, 4.69) is 35.6 Å². The zero-order valence-corrected chi connectivity index (χ0v) is 13.9. The van der Waals surface area contributed by atoms with Gasteiger partial charge in [0.1, 0.15) is 0 Å². The minimum atomic E-state index is 0.0717. The lowest BCUT2D eigenvalue weighted by Gasteiger charge is -2.23. The molecule has 0 aliphatic heterocycles. The van der Waals surface area contributed by atoms with Crippen LogP contribution in [0.3, 0.4) is 0 Å². The summed E-state index contributed by atoms with van der Waals surface area (Å²) in [6.07, 6.45) is 0.934. The summed E-state index contributed by atoms with van der Waals surface area (Å²) in [7, 11) is 0. The van der Waals surface area contributed by atoms with Crippen LogP contribution in [0, 0.1) is 10.5 Å². The number of nitrogens with zero attached hydrogens (tertiary/aromatic N) is 1. The lowest BCUT2D eigenvalue weighted by Crippen LogP contribution is -2.32. The number of anilines is 1. The van der Waals surface area contributed by atoms with Crippen LogP contribution in [0.5, 0.6) is 0 Å². The van der Waals surface area contributed by atoms with Gasteiger partial charge in [0, 0.05) is 15.8 Å². The number of carbonyl (C=O) groups is 1. The Morgan fingerprint density at radius 1 is 1.15 bits per heavy atom. The van der Waals surface area contributed by atoms with Crippen LogP contribution in [-0.2, 0) is 0 Å². The highest BCUT2D eigenvalue weighted by Crippen LogP contribution is 2.21. The first-order chi connectivity index (χ1) is 9.63. The fourth-order valence-corrected chi connectivity index (χ4v) is 2.77. The first-order valence-electron chi connectivity index (χ1n) is 6.76. The molecule has 0 saturated carbocycles. The number of halogens is 1. The van der Waals surface area contributed by atoms with Crippen LogP contribution in [0.15, 0.2) is 48.5 Å². The molecular formula is C17H18INO. The Morgan fingerprint density at radius 2 is 1.90 bits per heavy atom. The average Bonchev–Trinajstić information content (AvgIpc) is 2.44. The average molecular weight is 379 g/mol. The molecule has 0 aliphatic carbocycles. The third-order valence-electron chi connectivity index (χ3n) is 3.11. The van der Waals surface area contributed by atoms with Crippen molar-refractivity contribution in [3.05, 3.63) is 63.2 Å². The molecule has 0 heterocycles. The molecule has 3 heteroatoms. The molecule has 104 valence electrons. The van der Waals surface area contributed by atoms with E-state index >= 15 is 0 Å². The van der Waals surface area contributed by atoms with Gasteiger partial charge >= 0.3 is 0 Å². The van der Waals surface area contributed by atoms with Crippen LogP contribution in [-0.4, -0.2) is 12.5 Å². The van der Waals surface area contributed by atoms with E-state index in [-0.39, 0.29) is 5.91 Å². The monoisotopic (exact) mass is 379 g/mol. The maximum atomic E-state index is 12.8. The van der Waals surface area contributed by atoms with E-state index in [1.807, 2.05) is 54.3 Å². The summed E-state index contributed by atoms with van der Waals surface area (Å²) in [4.78, 5) is 14.7. The summed E-state index contributed by atoms with van der Waals surface area (Å²) in [6, 6.07) is 15.8. The molecule has 0 N–H and O–H groups in total. The number of aryl methyl sites for hydroxylation is 1. The Bertz CT molecular complexity index is 609. The van der Waals surface area contributed by atoms with Crippen molar-refractivity contribution in [3.63, 3.8) is 0 Å². The number of benzene rings is 2. The van der Waals surface area contributed by atoms with Crippen LogP contribution in [0.2, 0.25) is 0 Å². The number of amides is 1. The van der Waals surface area contributed by atoms with Gasteiger partial charge in [0.25, 0.3) is 5.91 Å². The molecule has 0 saturated heterocycles. The van der Waals surface area contributed by atoms with E-state index in [1.54, 1.807) is 0 Å². The van der Waals surface area contributed by atoms with Crippen molar-refractivity contribution in [2.75, 3.05) is 11.4 Å². The van der Waals surface area contributed by atoms with Gasteiger partial charge in [-0.25, -0.2) is 0 Å². The summed E-state index contributed by atoms with van der Waals surface area (Å²) in [5.74, 6) is 0.0717. The molecule has 1 amide bonds. The largest absolute Gasteiger partial charge is 0.308 e. The molecule has 0 aliphatic rings. The van der Waals surface area contributed by atoms with Gasteiger partial charge in [0.05, 0.1) is 5.56 Å². The summed E-state index contributed by atoms with van der Waals surface area (Å²) in [5.41, 5.74) is 2.90. The molecule has 0 aromatic heterocycles. The van der Waals surface area contributed by atoms with Gasteiger partial charge in [-0.1, -0.05) is 31.2 Å². The van der Waals surface area contributed by atoms with E-state index in [1.165, 1.54) is 5.56 Å². The molecule has 0 radical (unpaired) electrons. The number of rotatable bonds is 4. The van der Waals surface area contributed by atoms with Gasteiger partial charge in [0.15, 0.2) is 0 Å². The van der Waals surface area contributed by atoms with E-state index in [4.69, 9.17) is 0 Å². The van der Waals surface area contributed by atoms with Gasteiger partial charge in [-0.15, -0.1) is 0 Å². The van der Waals surface area contributed by atoms with Gasteiger partial charge in [-0.3, -0.25) is 4.79 Å². The fourth-order valence-electron chi connectivity index (χ4n) is 2.15. The summed E-state index contributed by atoms with van der Waals surface area (Å²) in [5, 5.41) is 0. The van der Waals surface area contributed by atoms with E-state index < -0.39 is 0 Å². The van der Waals surface area contributed by atoms with E-state index in [0.717, 1.165) is 27.8 Å². The first-order valence-corrected chi connectivity index (χ1v) is 7.84. The molecule has 0 fully saturated rings. The summed E-state index contributed by atoms with van der Waals surface area (Å²) in [6.45, 7) is 4.86. The zero-order chi connectivity index (χ0) is 14.5. The second kappa shape index (κ2) is 6.88. The highest BCUT2D eigenvalue weighted by atomic mass is 127. The predicted octanol–water partition coefficient (Wildman–Crippen LogP) is 4.66. The topological polar surface area (TPSA) is 20.3 Å². The summed E-state index contributed by atoms with van der Waals surface area (Å²) < 4.78 is 0.990. The lowest BCUT2D eigenvalue weighted by atomic mass is 10.1. The van der Waals surface area contributed by atoms with Gasteiger partial charge < -0.3 is 4.90 Å². The van der Waals surface area contributed by atoms with Crippen molar-refractivity contribution >= 4 is 34.2 Å². The predicted molar refractivity (Wildman–Crippen MR) is 92.3 cm³/mol. The van der Waals surface area contributed by atoms with Crippen molar-refractivity contribution in [1.82, 2.24) is 0 Å². The van der Waals surface area contributed by atoms with Crippen molar-refractivity contribution in [2.24, 2.45) is 0 Å². The molecule has 2 aromatic rings. The highest BCUT2D eigenvalue weighted by Gasteiger charge is 2.18. The Labute approximate surface area is 133 Å². The van der Waals surface area contributed by atoms with Crippen molar-refractivity contribution in [3.8, 4) is 0 Å². The Morgan fingerprint density at radius 3 is 2.55 bits per heavy atom. The zero-order valence-electron chi connectivity index (χ0n) is 11.8. The Balaban J connectivity index is 2.39. The maximum Gasteiger partial charge on any atom is 0.259 e. The Hall–Kier alpha value is -1.36. The maximum absolute atomic E-state index is 12.8. The van der Waals surface area contributed by atoms with Gasteiger partial charge in [-0.05, 0) is 65.8 Å². The number of hydrogen-bond donors (Lipinski definition) is 0. The fraction of sp³-hybridized carbons (Fsp3) is 0.235. The molecule has 0 unspecified atom stereocenters. The van der Waals surface area contributed by atoms with Crippen molar-refractivity contribution in [2.45, 2.75) is 20.3 Å². The van der Waals surface area contributed by atoms with Crippen LogP contribution in [0.1, 0.15) is 29.3 Å². The smallest absolute Gasteiger partial charge is 0.259 e. The first kappa shape index (κ1) is 15.0. The standard InChI is InChI=1S/C17H18INO/c1-3-11-19(14-8-6-7-13(2)12-14)17(20)15-9-4-5-10-16(15)18/h4-10,12H,3,11H2,1-2H3. The lowest BCUT2D eigenvalue weighted by molar-refractivity contribution is 0.0986. The van der Waals surface area contributed by atoms with Crippen LogP contribution in [0.4, 0.5) is 5.69 Å². The Kier molecular flexibility index (Phi) is 5.17. The molecule has 2 rings (SSSR count). The second-order valence-electron chi connectivity index (χ2n) is 4.78. The molecule has 0 atom stereocenters. The third kappa shape index (κ3) is 3.39. The molecule has 20 heavy (non-hydrogen) atoms. The molecule has 2 aromatic carbocycles. The van der Waals surface area contributed by atoms with E-state index in [9.17, 15) is 4.79 Å². The highest BCUT2D eigenvalue weighted by molar-refractivity contribution is 14.1. The third-order valence-corrected chi connectivity index (χ3v) is 4.05. The van der Waals surface area contributed by atoms with Crippen LogP contribution >= 0.6 is 22.6 Å². The van der Waals surface area contributed by atoms with E-state index in [0.29, 0.717) is 0 Å². The molecular weight excluding hydrogens is 361 g/mol. The normalized spacial score (nSPS) is 10.3. The SMILES string of the molecule is CCCN(C(=O)c1ccccc1I)c1cccc(C)c1. The summed E-state index contributed by atoms with van der Waals surface area (Å²) >= 11 is 2.22. The molecule has 0 spiro atoms. The quantitative estimate of drug-likeness (QED) is 0.708. The molecule has 2 nitrogen and oxygen atoms in total. The van der Waals surface area contributed by atoms with Crippen molar-refractivity contribution in [1.29, 1.82) is 0 Å². The minimum absolute atomic E-state index is 0.0717. The number of carbonyl (C=O) groups excluding carboxylic acids is 1. The van der Waals surface area contributed by atoms with Crippen LogP contribution < -0.4 is 4.90 Å². The van der Waals surface area contributed by atoms with Gasteiger partial charge in [-0.2, -0.15) is 0 Å². The minimum Gasteiger partial charge on any atom is -0.308 e. The van der Waals surface area contributed by atoms with Gasteiger partial charge in [0.2, 0.25) is 0 Å².